The van der Waals surface area contributed by atoms with E-state index in [4.69, 9.17) is 9.84 Å². The molecule has 1 unspecified atom stereocenters. The highest BCUT2D eigenvalue weighted by Crippen LogP contribution is 2.18. The number of hydrogen-bond donors (Lipinski definition) is 2. The molecule has 0 aliphatic heterocycles. The number of amides is 1. The number of hydrogen-bond acceptors (Lipinski definition) is 3. The Hall–Kier alpha value is -2.04. The second kappa shape index (κ2) is 7.67. The van der Waals surface area contributed by atoms with Gasteiger partial charge in [0.1, 0.15) is 5.75 Å². The maximum Gasteiger partial charge on any atom is 0.335 e. The van der Waals surface area contributed by atoms with E-state index in [-0.39, 0.29) is 11.5 Å². The molecule has 0 aliphatic carbocycles. The monoisotopic (exact) mass is 293 g/mol. The van der Waals surface area contributed by atoms with Crippen molar-refractivity contribution >= 4 is 11.9 Å². The van der Waals surface area contributed by atoms with Gasteiger partial charge in [-0.15, -0.1) is 0 Å². The van der Waals surface area contributed by atoms with E-state index >= 15 is 0 Å². The van der Waals surface area contributed by atoms with Gasteiger partial charge in [0.05, 0.1) is 5.56 Å². The third kappa shape index (κ3) is 5.45. The van der Waals surface area contributed by atoms with E-state index in [1.54, 1.807) is 26.0 Å². The summed E-state index contributed by atoms with van der Waals surface area (Å²) in [6.45, 7) is 8.19. The molecule has 0 fully saturated rings. The molecule has 2 N–H and O–H groups in total. The SMILES string of the molecule is Cc1cc(OC(C)C(=O)NCCC(C)C)ccc1C(=O)O. The molecule has 5 nitrogen and oxygen atoms in total. The van der Waals surface area contributed by atoms with Gasteiger partial charge in [-0.2, -0.15) is 0 Å². The first kappa shape index (κ1) is 17.0. The Morgan fingerprint density at radius 2 is 1.95 bits per heavy atom. The van der Waals surface area contributed by atoms with Crippen molar-refractivity contribution in [3.63, 3.8) is 0 Å². The van der Waals surface area contributed by atoms with Crippen molar-refractivity contribution in [2.75, 3.05) is 6.54 Å². The zero-order valence-corrected chi connectivity index (χ0v) is 13.0. The van der Waals surface area contributed by atoms with E-state index in [9.17, 15) is 9.59 Å². The van der Waals surface area contributed by atoms with Gasteiger partial charge in [0.25, 0.3) is 5.91 Å². The maximum atomic E-state index is 11.9. The molecule has 21 heavy (non-hydrogen) atoms. The van der Waals surface area contributed by atoms with Crippen molar-refractivity contribution in [3.05, 3.63) is 29.3 Å². The van der Waals surface area contributed by atoms with E-state index in [0.29, 0.717) is 23.8 Å². The molecule has 5 heteroatoms. The molecular formula is C16H23NO4. The van der Waals surface area contributed by atoms with Crippen LogP contribution in [0.5, 0.6) is 5.75 Å². The van der Waals surface area contributed by atoms with Gasteiger partial charge in [-0.25, -0.2) is 4.79 Å². The molecule has 0 spiro atoms. The zero-order chi connectivity index (χ0) is 16.0. The van der Waals surface area contributed by atoms with Gasteiger partial charge >= 0.3 is 5.97 Å². The highest BCUT2D eigenvalue weighted by atomic mass is 16.5. The summed E-state index contributed by atoms with van der Waals surface area (Å²) >= 11 is 0. The van der Waals surface area contributed by atoms with Gasteiger partial charge in [0, 0.05) is 6.54 Å². The Labute approximate surface area is 125 Å². The number of aryl methyl sites for hydroxylation is 1. The first-order chi connectivity index (χ1) is 9.81. The molecule has 0 radical (unpaired) electrons. The number of carboxylic acids is 1. The molecule has 1 amide bonds. The fraction of sp³-hybridized carbons (Fsp3) is 0.500. The minimum Gasteiger partial charge on any atom is -0.481 e. The first-order valence-electron chi connectivity index (χ1n) is 7.09. The van der Waals surface area contributed by atoms with Crippen molar-refractivity contribution in [2.24, 2.45) is 5.92 Å². The summed E-state index contributed by atoms with van der Waals surface area (Å²) in [7, 11) is 0. The van der Waals surface area contributed by atoms with E-state index < -0.39 is 12.1 Å². The molecule has 0 aromatic heterocycles. The fourth-order valence-electron chi connectivity index (χ4n) is 1.83. The average molecular weight is 293 g/mol. The van der Waals surface area contributed by atoms with Crippen LogP contribution in [0.3, 0.4) is 0 Å². The number of carbonyl (C=O) groups is 2. The normalized spacial score (nSPS) is 12.0. The summed E-state index contributed by atoms with van der Waals surface area (Å²) in [6.07, 6.45) is 0.303. The van der Waals surface area contributed by atoms with Crippen molar-refractivity contribution in [1.29, 1.82) is 0 Å². The van der Waals surface area contributed by atoms with E-state index in [1.807, 2.05) is 0 Å². The van der Waals surface area contributed by atoms with Crippen LogP contribution in [0, 0.1) is 12.8 Å². The Kier molecular flexibility index (Phi) is 6.21. The van der Waals surface area contributed by atoms with E-state index in [1.165, 1.54) is 6.07 Å². The molecule has 0 aliphatic rings. The largest absolute Gasteiger partial charge is 0.481 e. The highest BCUT2D eigenvalue weighted by molar-refractivity contribution is 5.89. The van der Waals surface area contributed by atoms with Crippen LogP contribution in [0.25, 0.3) is 0 Å². The Morgan fingerprint density at radius 1 is 1.29 bits per heavy atom. The molecule has 116 valence electrons. The van der Waals surface area contributed by atoms with Gasteiger partial charge < -0.3 is 15.2 Å². The summed E-state index contributed by atoms with van der Waals surface area (Å²) in [5.74, 6) is -0.120. The molecule has 1 rings (SSSR count). The number of carboxylic acid groups (broad SMARTS) is 1. The Morgan fingerprint density at radius 3 is 2.48 bits per heavy atom. The van der Waals surface area contributed by atoms with Crippen LogP contribution in [-0.4, -0.2) is 29.6 Å². The quantitative estimate of drug-likeness (QED) is 0.810. The number of carbonyl (C=O) groups excluding carboxylic acids is 1. The van der Waals surface area contributed by atoms with Gasteiger partial charge in [0.2, 0.25) is 0 Å². The van der Waals surface area contributed by atoms with Crippen LogP contribution in [0.1, 0.15) is 43.1 Å². The first-order valence-corrected chi connectivity index (χ1v) is 7.09. The molecule has 1 aromatic carbocycles. The fourth-order valence-corrected chi connectivity index (χ4v) is 1.83. The molecule has 0 saturated heterocycles. The van der Waals surface area contributed by atoms with Gasteiger partial charge in [-0.1, -0.05) is 13.8 Å². The number of ether oxygens (including phenoxy) is 1. The third-order valence-corrected chi connectivity index (χ3v) is 3.13. The van der Waals surface area contributed by atoms with Crippen molar-refractivity contribution in [1.82, 2.24) is 5.32 Å². The summed E-state index contributed by atoms with van der Waals surface area (Å²) in [4.78, 5) is 22.8. The molecular weight excluding hydrogens is 270 g/mol. The summed E-state index contributed by atoms with van der Waals surface area (Å²) in [5, 5.41) is 11.8. The summed E-state index contributed by atoms with van der Waals surface area (Å²) in [6, 6.07) is 4.67. The third-order valence-electron chi connectivity index (χ3n) is 3.13. The van der Waals surface area contributed by atoms with Crippen LogP contribution in [-0.2, 0) is 4.79 Å². The summed E-state index contributed by atoms with van der Waals surface area (Å²) < 4.78 is 5.54. The molecule has 0 heterocycles. The van der Waals surface area contributed by atoms with Crippen LogP contribution in [0.15, 0.2) is 18.2 Å². The smallest absolute Gasteiger partial charge is 0.335 e. The van der Waals surface area contributed by atoms with Crippen molar-refractivity contribution in [3.8, 4) is 5.75 Å². The van der Waals surface area contributed by atoms with Gasteiger partial charge in [-0.05, 0) is 49.9 Å². The number of aromatic carboxylic acids is 1. The number of benzene rings is 1. The summed E-state index contributed by atoms with van der Waals surface area (Å²) in [5.41, 5.74) is 0.837. The van der Waals surface area contributed by atoms with E-state index in [2.05, 4.69) is 19.2 Å². The minimum absolute atomic E-state index is 0.171. The maximum absolute atomic E-state index is 11.9. The second-order valence-electron chi connectivity index (χ2n) is 5.52. The average Bonchev–Trinajstić information content (AvgIpc) is 2.37. The lowest BCUT2D eigenvalue weighted by Crippen LogP contribution is -2.37. The molecule has 1 aromatic rings. The lowest BCUT2D eigenvalue weighted by Gasteiger charge is -2.16. The predicted molar refractivity (Wildman–Crippen MR) is 80.7 cm³/mol. The predicted octanol–water partition coefficient (Wildman–Crippen LogP) is 2.62. The highest BCUT2D eigenvalue weighted by Gasteiger charge is 2.15. The lowest BCUT2D eigenvalue weighted by atomic mass is 10.1. The molecule has 0 saturated carbocycles. The second-order valence-corrected chi connectivity index (χ2v) is 5.52. The van der Waals surface area contributed by atoms with Gasteiger partial charge in [0.15, 0.2) is 6.10 Å². The van der Waals surface area contributed by atoms with E-state index in [0.717, 1.165) is 6.42 Å². The van der Waals surface area contributed by atoms with Crippen molar-refractivity contribution < 1.29 is 19.4 Å². The Balaban J connectivity index is 2.58. The molecule has 1 atom stereocenters. The lowest BCUT2D eigenvalue weighted by molar-refractivity contribution is -0.127. The minimum atomic E-state index is -0.974. The topological polar surface area (TPSA) is 75.6 Å². The molecule has 0 bridgehead atoms. The number of nitrogens with one attached hydrogen (secondary N) is 1. The van der Waals surface area contributed by atoms with Crippen LogP contribution < -0.4 is 10.1 Å². The van der Waals surface area contributed by atoms with Crippen LogP contribution in [0.2, 0.25) is 0 Å². The van der Waals surface area contributed by atoms with Crippen LogP contribution >= 0.6 is 0 Å². The van der Waals surface area contributed by atoms with Crippen molar-refractivity contribution in [2.45, 2.75) is 40.2 Å². The zero-order valence-electron chi connectivity index (χ0n) is 13.0. The standard InChI is InChI=1S/C16H23NO4/c1-10(2)7-8-17-15(18)12(4)21-13-5-6-14(16(19)20)11(3)9-13/h5-6,9-10,12H,7-8H2,1-4H3,(H,17,18)(H,19,20). The Bertz CT molecular complexity index is 511. The number of rotatable bonds is 7. The van der Waals surface area contributed by atoms with Crippen LogP contribution in [0.4, 0.5) is 0 Å². The van der Waals surface area contributed by atoms with Gasteiger partial charge in [-0.3, -0.25) is 4.79 Å².